The summed E-state index contributed by atoms with van der Waals surface area (Å²) >= 11 is 16.7. The molecule has 1 unspecified atom stereocenters. The molecule has 90 valence electrons. The number of hydrogen-bond acceptors (Lipinski definition) is 2. The van der Waals surface area contributed by atoms with Gasteiger partial charge < -0.3 is 5.11 Å². The van der Waals surface area contributed by atoms with Crippen LogP contribution in [0.5, 0.6) is 0 Å². The zero-order valence-electron chi connectivity index (χ0n) is 8.88. The van der Waals surface area contributed by atoms with Crippen LogP contribution in [0.3, 0.4) is 0 Å². The molecule has 0 spiro atoms. The van der Waals surface area contributed by atoms with Crippen molar-refractivity contribution < 1.29 is 5.11 Å². The van der Waals surface area contributed by atoms with Crippen LogP contribution in [0.2, 0.25) is 9.36 Å². The molecule has 0 aliphatic carbocycles. The minimum Gasteiger partial charge on any atom is -0.383 e. The molecular formula is C12H9BrCl2OS. The Morgan fingerprint density at radius 3 is 2.53 bits per heavy atom. The summed E-state index contributed by atoms with van der Waals surface area (Å²) in [6.07, 6.45) is -0.739. The maximum absolute atomic E-state index is 10.2. The van der Waals surface area contributed by atoms with Gasteiger partial charge in [-0.1, -0.05) is 35.3 Å². The van der Waals surface area contributed by atoms with E-state index in [1.807, 2.05) is 31.2 Å². The molecule has 0 aliphatic heterocycles. The largest absolute Gasteiger partial charge is 0.383 e. The second-order valence-corrected chi connectivity index (χ2v) is 6.65. The van der Waals surface area contributed by atoms with E-state index in [1.165, 1.54) is 11.3 Å². The van der Waals surface area contributed by atoms with Crippen molar-refractivity contribution in [3.63, 3.8) is 0 Å². The number of halogens is 3. The molecule has 0 bridgehead atoms. The second kappa shape index (κ2) is 5.29. The van der Waals surface area contributed by atoms with Crippen molar-refractivity contribution in [1.82, 2.24) is 0 Å². The molecule has 0 saturated carbocycles. The summed E-state index contributed by atoms with van der Waals surface area (Å²) in [5, 5.41) is 10.8. The van der Waals surface area contributed by atoms with Crippen molar-refractivity contribution in [1.29, 1.82) is 0 Å². The molecule has 2 aromatic rings. The normalized spacial score (nSPS) is 12.8. The topological polar surface area (TPSA) is 20.2 Å². The van der Waals surface area contributed by atoms with E-state index < -0.39 is 6.10 Å². The van der Waals surface area contributed by atoms with Gasteiger partial charge in [-0.25, -0.2) is 0 Å². The fourth-order valence-corrected chi connectivity index (χ4v) is 3.59. The first-order valence-electron chi connectivity index (χ1n) is 4.88. The van der Waals surface area contributed by atoms with Crippen LogP contribution in [-0.4, -0.2) is 5.11 Å². The molecule has 5 heteroatoms. The third-order valence-electron chi connectivity index (χ3n) is 2.38. The highest BCUT2D eigenvalue weighted by Crippen LogP contribution is 2.38. The molecule has 1 atom stereocenters. The van der Waals surface area contributed by atoms with E-state index in [2.05, 4.69) is 15.9 Å². The van der Waals surface area contributed by atoms with Crippen molar-refractivity contribution in [3.05, 3.63) is 54.1 Å². The molecule has 1 N–H and O–H groups in total. The van der Waals surface area contributed by atoms with E-state index in [0.29, 0.717) is 14.9 Å². The molecular weight excluding hydrogens is 343 g/mol. The quantitative estimate of drug-likeness (QED) is 0.787. The molecule has 0 saturated heterocycles. The van der Waals surface area contributed by atoms with Gasteiger partial charge in [0.15, 0.2) is 0 Å². The van der Waals surface area contributed by atoms with Crippen molar-refractivity contribution in [3.8, 4) is 0 Å². The molecule has 0 amide bonds. The van der Waals surface area contributed by atoms with E-state index in [0.717, 1.165) is 14.9 Å². The van der Waals surface area contributed by atoms with Gasteiger partial charge in [-0.15, -0.1) is 11.3 Å². The van der Waals surface area contributed by atoms with E-state index >= 15 is 0 Å². The third-order valence-corrected chi connectivity index (χ3v) is 5.24. The lowest BCUT2D eigenvalue weighted by Crippen LogP contribution is -1.98. The van der Waals surface area contributed by atoms with E-state index in [9.17, 15) is 5.11 Å². The van der Waals surface area contributed by atoms with Crippen LogP contribution in [0.1, 0.15) is 22.1 Å². The first-order chi connectivity index (χ1) is 7.99. The predicted octanol–water partition coefficient (Wildman–Crippen LogP) is 5.21. The highest BCUT2D eigenvalue weighted by atomic mass is 79.9. The van der Waals surface area contributed by atoms with Crippen LogP contribution in [0.25, 0.3) is 0 Å². The van der Waals surface area contributed by atoms with Gasteiger partial charge in [-0.3, -0.25) is 0 Å². The number of thiophene rings is 1. The van der Waals surface area contributed by atoms with Gasteiger partial charge in [-0.05, 0) is 40.5 Å². The smallest absolute Gasteiger partial charge is 0.115 e. The van der Waals surface area contributed by atoms with E-state index in [-0.39, 0.29) is 0 Å². The molecule has 2 rings (SSSR count). The molecule has 0 radical (unpaired) electrons. The lowest BCUT2D eigenvalue weighted by Gasteiger charge is -2.11. The minimum atomic E-state index is -0.739. The lowest BCUT2D eigenvalue weighted by atomic mass is 10.1. The average molecular weight is 352 g/mol. The number of aliphatic hydroxyl groups is 1. The van der Waals surface area contributed by atoms with Crippen LogP contribution >= 0.6 is 50.5 Å². The predicted molar refractivity (Wildman–Crippen MR) is 77.3 cm³/mol. The fourth-order valence-electron chi connectivity index (χ4n) is 1.51. The number of aryl methyl sites for hydroxylation is 1. The zero-order valence-corrected chi connectivity index (χ0v) is 12.8. The Labute approximate surface area is 122 Å². The van der Waals surface area contributed by atoms with Gasteiger partial charge in [0.25, 0.3) is 0 Å². The maximum Gasteiger partial charge on any atom is 0.115 e. The third kappa shape index (κ3) is 2.85. The Morgan fingerprint density at radius 2 is 2.00 bits per heavy atom. The van der Waals surface area contributed by atoms with Gasteiger partial charge in [0, 0.05) is 19.9 Å². The summed E-state index contributed by atoms with van der Waals surface area (Å²) in [6.45, 7) is 1.96. The molecule has 1 nitrogen and oxygen atoms in total. The summed E-state index contributed by atoms with van der Waals surface area (Å²) in [5.74, 6) is 0. The summed E-state index contributed by atoms with van der Waals surface area (Å²) < 4.78 is 1.42. The van der Waals surface area contributed by atoms with E-state index in [1.54, 1.807) is 0 Å². The van der Waals surface area contributed by atoms with Crippen LogP contribution in [0, 0.1) is 6.92 Å². The van der Waals surface area contributed by atoms with Gasteiger partial charge in [-0.2, -0.15) is 0 Å². The van der Waals surface area contributed by atoms with Crippen LogP contribution < -0.4 is 0 Å². The monoisotopic (exact) mass is 350 g/mol. The molecule has 17 heavy (non-hydrogen) atoms. The molecule has 0 aliphatic rings. The molecule has 1 aromatic heterocycles. The first kappa shape index (κ1) is 13.4. The van der Waals surface area contributed by atoms with Crippen molar-refractivity contribution in [2.45, 2.75) is 13.0 Å². The summed E-state index contributed by atoms with van der Waals surface area (Å²) in [7, 11) is 0. The van der Waals surface area contributed by atoms with Crippen molar-refractivity contribution in [2.24, 2.45) is 0 Å². The zero-order chi connectivity index (χ0) is 12.6. The summed E-state index contributed by atoms with van der Waals surface area (Å²) in [5.41, 5.74) is 1.76. The summed E-state index contributed by atoms with van der Waals surface area (Å²) in [6, 6.07) is 7.41. The molecule has 1 aromatic carbocycles. The van der Waals surface area contributed by atoms with Crippen molar-refractivity contribution >= 4 is 50.5 Å². The average Bonchev–Trinajstić information content (AvgIpc) is 2.58. The Bertz CT molecular complexity index is 534. The highest BCUT2D eigenvalue weighted by molar-refractivity contribution is 9.10. The fraction of sp³-hybridized carbons (Fsp3) is 0.167. The van der Waals surface area contributed by atoms with Gasteiger partial charge >= 0.3 is 0 Å². The lowest BCUT2D eigenvalue weighted by molar-refractivity contribution is 0.224. The number of rotatable bonds is 2. The van der Waals surface area contributed by atoms with Crippen LogP contribution in [0.15, 0.2) is 28.7 Å². The SMILES string of the molecule is Cc1ccc(C(O)c2cc(Br)c(Cl)s2)c(Cl)c1. The maximum atomic E-state index is 10.2. The molecule has 0 fully saturated rings. The van der Waals surface area contributed by atoms with Crippen LogP contribution in [-0.2, 0) is 0 Å². The molecule has 1 heterocycles. The Hall–Kier alpha value is -0.0600. The van der Waals surface area contributed by atoms with Gasteiger partial charge in [0.05, 0.1) is 0 Å². The number of aliphatic hydroxyl groups excluding tert-OH is 1. The Balaban J connectivity index is 2.39. The standard InChI is InChI=1S/C12H9BrCl2OS/c1-6-2-3-7(9(14)4-6)11(16)10-5-8(13)12(15)17-10/h2-5,11,16H,1H3. The first-order valence-corrected chi connectivity index (χ1v) is 7.24. The second-order valence-electron chi connectivity index (χ2n) is 3.70. The minimum absolute atomic E-state index is 0.568. The summed E-state index contributed by atoms with van der Waals surface area (Å²) in [4.78, 5) is 0.771. The van der Waals surface area contributed by atoms with E-state index in [4.69, 9.17) is 23.2 Å². The number of benzene rings is 1. The Morgan fingerprint density at radius 1 is 1.29 bits per heavy atom. The van der Waals surface area contributed by atoms with Crippen LogP contribution in [0.4, 0.5) is 0 Å². The van der Waals surface area contributed by atoms with Gasteiger partial charge in [0.2, 0.25) is 0 Å². The van der Waals surface area contributed by atoms with Crippen molar-refractivity contribution in [2.75, 3.05) is 0 Å². The van der Waals surface area contributed by atoms with Gasteiger partial charge in [0.1, 0.15) is 10.4 Å². The Kier molecular flexibility index (Phi) is 4.16. The highest BCUT2D eigenvalue weighted by Gasteiger charge is 2.17. The number of hydrogen-bond donors (Lipinski definition) is 1.